The first-order chi connectivity index (χ1) is 11.2. The van der Waals surface area contributed by atoms with Crippen LogP contribution in [0.25, 0.3) is 0 Å². The van der Waals surface area contributed by atoms with Gasteiger partial charge in [-0.15, -0.1) is 0 Å². The number of benzene rings is 1. The molecule has 0 saturated heterocycles. The third-order valence-corrected chi connectivity index (χ3v) is 3.98. The molecule has 0 spiro atoms. The second kappa shape index (κ2) is 7.05. The Morgan fingerprint density at radius 1 is 1.00 bits per heavy atom. The maximum Gasteiger partial charge on any atom is 0.270 e. The number of rotatable bonds is 4. The van der Waals surface area contributed by atoms with Gasteiger partial charge in [-0.2, -0.15) is 0 Å². The molecule has 1 aromatic heterocycles. The highest BCUT2D eigenvalue weighted by Crippen LogP contribution is 2.18. The molecule has 1 heterocycles. The molecule has 1 fully saturated rings. The van der Waals surface area contributed by atoms with Gasteiger partial charge in [-0.1, -0.05) is 31.0 Å². The first-order valence-electron chi connectivity index (χ1n) is 7.86. The zero-order valence-electron chi connectivity index (χ0n) is 12.8. The predicted molar refractivity (Wildman–Crippen MR) is 88.4 cm³/mol. The van der Waals surface area contributed by atoms with Crippen LogP contribution in [0.4, 0.5) is 5.69 Å². The van der Waals surface area contributed by atoms with Crippen molar-refractivity contribution in [1.82, 2.24) is 10.3 Å². The zero-order chi connectivity index (χ0) is 16.1. The number of carbonyl (C=O) groups excluding carboxylic acids is 2. The molecule has 2 N–H and O–H groups in total. The highest BCUT2D eigenvalue weighted by Gasteiger charge is 2.19. The molecule has 1 aromatic carbocycles. The average molecular weight is 309 g/mol. The van der Waals surface area contributed by atoms with E-state index in [-0.39, 0.29) is 23.6 Å². The van der Waals surface area contributed by atoms with E-state index < -0.39 is 0 Å². The lowest BCUT2D eigenvalue weighted by atomic mass is 10.2. The van der Waals surface area contributed by atoms with Crippen LogP contribution < -0.4 is 10.6 Å². The summed E-state index contributed by atoms with van der Waals surface area (Å²) in [7, 11) is 0. The number of aromatic nitrogens is 1. The van der Waals surface area contributed by atoms with Crippen molar-refractivity contribution in [2.45, 2.75) is 31.7 Å². The summed E-state index contributed by atoms with van der Waals surface area (Å²) in [6, 6.07) is 12.6. The van der Waals surface area contributed by atoms with E-state index in [4.69, 9.17) is 0 Å². The minimum Gasteiger partial charge on any atom is -0.348 e. The Morgan fingerprint density at radius 2 is 1.74 bits per heavy atom. The van der Waals surface area contributed by atoms with Crippen molar-refractivity contribution in [2.24, 2.45) is 0 Å². The summed E-state index contributed by atoms with van der Waals surface area (Å²) < 4.78 is 0. The Balaban J connectivity index is 1.68. The quantitative estimate of drug-likeness (QED) is 0.912. The number of hydrogen-bond acceptors (Lipinski definition) is 3. The van der Waals surface area contributed by atoms with E-state index in [0.717, 1.165) is 25.7 Å². The molecule has 5 nitrogen and oxygen atoms in total. The van der Waals surface area contributed by atoms with E-state index in [1.165, 1.54) is 12.3 Å². The number of carbonyl (C=O) groups is 2. The van der Waals surface area contributed by atoms with Crippen LogP contribution in [0.5, 0.6) is 0 Å². The van der Waals surface area contributed by atoms with Gasteiger partial charge in [0.05, 0.1) is 0 Å². The minimum atomic E-state index is -0.256. The first kappa shape index (κ1) is 15.2. The number of anilines is 1. The fourth-order valence-electron chi connectivity index (χ4n) is 2.75. The van der Waals surface area contributed by atoms with Crippen LogP contribution in [0.15, 0.2) is 48.7 Å². The molecule has 23 heavy (non-hydrogen) atoms. The van der Waals surface area contributed by atoms with Crippen molar-refractivity contribution in [3.63, 3.8) is 0 Å². The largest absolute Gasteiger partial charge is 0.348 e. The maximum absolute atomic E-state index is 12.3. The van der Waals surface area contributed by atoms with E-state index in [2.05, 4.69) is 15.6 Å². The molecule has 1 aliphatic carbocycles. The molecular weight excluding hydrogens is 290 g/mol. The summed E-state index contributed by atoms with van der Waals surface area (Å²) in [6.07, 6.45) is 5.82. The molecular formula is C18H19N3O2. The number of nitrogens with zero attached hydrogens (tertiary/aromatic N) is 1. The Morgan fingerprint density at radius 3 is 2.48 bits per heavy atom. The fraction of sp³-hybridized carbons (Fsp3) is 0.278. The summed E-state index contributed by atoms with van der Waals surface area (Å²) in [5.74, 6) is -0.472. The Bertz CT molecular complexity index is 694. The van der Waals surface area contributed by atoms with Crippen LogP contribution in [0.1, 0.15) is 46.5 Å². The van der Waals surface area contributed by atoms with Gasteiger partial charge in [0.2, 0.25) is 0 Å². The highest BCUT2D eigenvalue weighted by molar-refractivity contribution is 6.05. The minimum absolute atomic E-state index is 0.216. The highest BCUT2D eigenvalue weighted by atomic mass is 16.2. The third-order valence-electron chi connectivity index (χ3n) is 3.98. The maximum atomic E-state index is 12.3. The third kappa shape index (κ3) is 3.94. The Kier molecular flexibility index (Phi) is 4.66. The summed E-state index contributed by atoms with van der Waals surface area (Å²) in [4.78, 5) is 28.6. The molecule has 1 saturated carbocycles. The molecule has 2 aromatic rings. The molecule has 0 radical (unpaired) electrons. The Hall–Kier alpha value is -2.69. The molecule has 2 amide bonds. The smallest absolute Gasteiger partial charge is 0.270 e. The molecule has 5 heteroatoms. The number of hydrogen-bond donors (Lipinski definition) is 2. The average Bonchev–Trinajstić information content (AvgIpc) is 3.09. The lowest BCUT2D eigenvalue weighted by Crippen LogP contribution is -2.33. The fourth-order valence-corrected chi connectivity index (χ4v) is 2.75. The van der Waals surface area contributed by atoms with Crippen molar-refractivity contribution in [2.75, 3.05) is 5.32 Å². The second-order valence-electron chi connectivity index (χ2n) is 5.70. The number of para-hydroxylation sites is 1. The number of pyridine rings is 1. The second-order valence-corrected chi connectivity index (χ2v) is 5.70. The molecule has 0 unspecified atom stereocenters. The van der Waals surface area contributed by atoms with E-state index >= 15 is 0 Å². The van der Waals surface area contributed by atoms with Crippen molar-refractivity contribution in [1.29, 1.82) is 0 Å². The van der Waals surface area contributed by atoms with Crippen LogP contribution in [0.3, 0.4) is 0 Å². The lowest BCUT2D eigenvalue weighted by molar-refractivity contribution is 0.0933. The van der Waals surface area contributed by atoms with Crippen LogP contribution >= 0.6 is 0 Å². The van der Waals surface area contributed by atoms with Gasteiger partial charge in [-0.05, 0) is 37.1 Å². The molecule has 0 bridgehead atoms. The van der Waals surface area contributed by atoms with Crippen LogP contribution in [-0.4, -0.2) is 22.8 Å². The van der Waals surface area contributed by atoms with Crippen molar-refractivity contribution in [3.8, 4) is 0 Å². The van der Waals surface area contributed by atoms with Crippen LogP contribution in [-0.2, 0) is 0 Å². The molecule has 3 rings (SSSR count). The summed E-state index contributed by atoms with van der Waals surface area (Å²) in [5.41, 5.74) is 1.41. The van der Waals surface area contributed by atoms with Gasteiger partial charge in [0.1, 0.15) is 5.69 Å². The predicted octanol–water partition coefficient (Wildman–Crippen LogP) is 3.01. The normalized spacial score (nSPS) is 14.4. The molecule has 0 atom stereocenters. The first-order valence-corrected chi connectivity index (χ1v) is 7.86. The van der Waals surface area contributed by atoms with Crippen LogP contribution in [0, 0.1) is 0 Å². The van der Waals surface area contributed by atoms with E-state index in [0.29, 0.717) is 11.3 Å². The number of nitrogens with one attached hydrogen (secondary N) is 2. The Labute approximate surface area is 135 Å². The van der Waals surface area contributed by atoms with E-state index in [9.17, 15) is 9.59 Å². The summed E-state index contributed by atoms with van der Waals surface area (Å²) in [5, 5.41) is 5.78. The monoisotopic (exact) mass is 309 g/mol. The number of amides is 2. The van der Waals surface area contributed by atoms with Gasteiger partial charge in [-0.3, -0.25) is 14.6 Å². The van der Waals surface area contributed by atoms with Gasteiger partial charge in [0.25, 0.3) is 11.8 Å². The van der Waals surface area contributed by atoms with Gasteiger partial charge < -0.3 is 10.6 Å². The topological polar surface area (TPSA) is 71.1 Å². The van der Waals surface area contributed by atoms with E-state index in [1.807, 2.05) is 30.3 Å². The van der Waals surface area contributed by atoms with Crippen molar-refractivity contribution >= 4 is 17.5 Å². The zero-order valence-corrected chi connectivity index (χ0v) is 12.8. The SMILES string of the molecule is O=C(Nc1ccccc1)c1ccnc(C(=O)NC2CCCC2)c1. The standard InChI is InChI=1S/C18H19N3O2/c22-17(20-14-6-2-1-3-7-14)13-10-11-19-16(12-13)18(23)21-15-8-4-5-9-15/h1-3,6-7,10-12,15H,4-5,8-9H2,(H,20,22)(H,21,23). The van der Waals surface area contributed by atoms with Gasteiger partial charge in [-0.25, -0.2) is 0 Å². The van der Waals surface area contributed by atoms with Gasteiger partial charge >= 0.3 is 0 Å². The summed E-state index contributed by atoms with van der Waals surface area (Å²) in [6.45, 7) is 0. The van der Waals surface area contributed by atoms with Gasteiger partial charge in [0, 0.05) is 23.5 Å². The lowest BCUT2D eigenvalue weighted by Gasteiger charge is -2.12. The van der Waals surface area contributed by atoms with E-state index in [1.54, 1.807) is 6.07 Å². The van der Waals surface area contributed by atoms with Crippen LogP contribution in [0.2, 0.25) is 0 Å². The van der Waals surface area contributed by atoms with Crippen molar-refractivity contribution < 1.29 is 9.59 Å². The summed E-state index contributed by atoms with van der Waals surface area (Å²) >= 11 is 0. The van der Waals surface area contributed by atoms with Gasteiger partial charge in [0.15, 0.2) is 0 Å². The molecule has 118 valence electrons. The molecule has 0 aliphatic heterocycles. The van der Waals surface area contributed by atoms with Crippen molar-refractivity contribution in [3.05, 3.63) is 59.9 Å². The molecule has 1 aliphatic rings.